The van der Waals surface area contributed by atoms with E-state index < -0.39 is 0 Å². The molecule has 0 heterocycles. The SMILES string of the molecule is CCCCc1ccc2cc(C#Cc3ccc(-c4ccc(CC)cc4)cc3)ccc2c1F. The number of hydrogen-bond acceptors (Lipinski definition) is 0. The van der Waals surface area contributed by atoms with Crippen LogP contribution in [0, 0.1) is 17.7 Å². The minimum absolute atomic E-state index is 0.0898. The van der Waals surface area contributed by atoms with Gasteiger partial charge in [-0.05, 0) is 71.2 Å². The van der Waals surface area contributed by atoms with E-state index in [1.807, 2.05) is 30.3 Å². The standard InChI is InChI=1S/C30H27F/c1-3-5-6-27-18-19-28-21-24(13-20-29(28)30(27)31)8-7-23-11-16-26(17-12-23)25-14-9-22(4-2)10-15-25/h9-21H,3-6H2,1-2H3. The van der Waals surface area contributed by atoms with Gasteiger partial charge in [-0.2, -0.15) is 0 Å². The van der Waals surface area contributed by atoms with Gasteiger partial charge in [-0.3, -0.25) is 0 Å². The largest absolute Gasteiger partial charge is 0.206 e. The van der Waals surface area contributed by atoms with Crippen molar-refractivity contribution in [3.63, 3.8) is 0 Å². The molecule has 0 aliphatic carbocycles. The molecule has 1 heteroatoms. The van der Waals surface area contributed by atoms with Gasteiger partial charge in [-0.15, -0.1) is 0 Å². The van der Waals surface area contributed by atoms with E-state index >= 15 is 0 Å². The van der Waals surface area contributed by atoms with Crippen molar-refractivity contribution >= 4 is 10.8 Å². The summed E-state index contributed by atoms with van der Waals surface area (Å²) in [6.45, 7) is 4.29. The second-order valence-corrected chi connectivity index (χ2v) is 7.96. The number of fused-ring (bicyclic) bond motifs is 1. The molecule has 0 bridgehead atoms. The Labute approximate surface area is 184 Å². The van der Waals surface area contributed by atoms with Gasteiger partial charge in [0.15, 0.2) is 0 Å². The van der Waals surface area contributed by atoms with Crippen molar-refractivity contribution in [1.29, 1.82) is 0 Å². The maximum absolute atomic E-state index is 14.8. The first-order valence-electron chi connectivity index (χ1n) is 11.1. The van der Waals surface area contributed by atoms with Crippen molar-refractivity contribution in [2.75, 3.05) is 0 Å². The van der Waals surface area contributed by atoms with Gasteiger partial charge >= 0.3 is 0 Å². The number of benzene rings is 4. The molecule has 0 fully saturated rings. The number of unbranched alkanes of at least 4 members (excludes halogenated alkanes) is 1. The van der Waals surface area contributed by atoms with E-state index in [9.17, 15) is 4.39 Å². The molecule has 0 unspecified atom stereocenters. The van der Waals surface area contributed by atoms with Gasteiger partial charge in [0.2, 0.25) is 0 Å². The molecule has 0 N–H and O–H groups in total. The van der Waals surface area contributed by atoms with Gasteiger partial charge in [0.1, 0.15) is 5.82 Å². The Balaban J connectivity index is 1.53. The van der Waals surface area contributed by atoms with E-state index in [2.05, 4.69) is 74.2 Å². The Kier molecular flexibility index (Phi) is 6.48. The zero-order valence-corrected chi connectivity index (χ0v) is 18.2. The lowest BCUT2D eigenvalue weighted by Crippen LogP contribution is -1.92. The minimum atomic E-state index is -0.0898. The Hall–Kier alpha value is -3.37. The molecule has 0 spiro atoms. The molecule has 154 valence electrons. The smallest absolute Gasteiger partial charge is 0.134 e. The maximum atomic E-state index is 14.8. The molecule has 0 amide bonds. The molecule has 0 nitrogen and oxygen atoms in total. The van der Waals surface area contributed by atoms with Crippen LogP contribution in [0.1, 0.15) is 48.9 Å². The molecule has 4 aromatic carbocycles. The first kappa shape index (κ1) is 20.9. The lowest BCUT2D eigenvalue weighted by molar-refractivity contribution is 0.614. The monoisotopic (exact) mass is 406 g/mol. The molecule has 0 aliphatic heterocycles. The second kappa shape index (κ2) is 9.63. The van der Waals surface area contributed by atoms with Crippen molar-refractivity contribution in [2.24, 2.45) is 0 Å². The summed E-state index contributed by atoms with van der Waals surface area (Å²) in [7, 11) is 0. The quantitative estimate of drug-likeness (QED) is 0.295. The molecule has 31 heavy (non-hydrogen) atoms. The molecule has 0 aliphatic rings. The van der Waals surface area contributed by atoms with Crippen LogP contribution in [0.5, 0.6) is 0 Å². The van der Waals surface area contributed by atoms with Gasteiger partial charge in [-0.25, -0.2) is 4.39 Å². The van der Waals surface area contributed by atoms with E-state index in [1.54, 1.807) is 0 Å². The summed E-state index contributed by atoms with van der Waals surface area (Å²) in [4.78, 5) is 0. The van der Waals surface area contributed by atoms with Crippen LogP contribution in [-0.2, 0) is 12.8 Å². The second-order valence-electron chi connectivity index (χ2n) is 7.96. The average Bonchev–Trinajstić information content (AvgIpc) is 2.83. The van der Waals surface area contributed by atoms with Crippen LogP contribution in [-0.4, -0.2) is 0 Å². The first-order chi connectivity index (χ1) is 15.2. The summed E-state index contributed by atoms with van der Waals surface area (Å²) in [6, 6.07) is 26.7. The summed E-state index contributed by atoms with van der Waals surface area (Å²) in [6.07, 6.45) is 3.92. The van der Waals surface area contributed by atoms with E-state index in [4.69, 9.17) is 0 Å². The summed E-state index contributed by atoms with van der Waals surface area (Å²) in [5.41, 5.74) is 6.42. The molecule has 0 saturated carbocycles. The lowest BCUT2D eigenvalue weighted by atomic mass is 10.00. The summed E-state index contributed by atoms with van der Waals surface area (Å²) in [5, 5.41) is 1.58. The van der Waals surface area contributed by atoms with Gasteiger partial charge in [-0.1, -0.05) is 86.7 Å². The van der Waals surface area contributed by atoms with Gasteiger partial charge < -0.3 is 0 Å². The summed E-state index contributed by atoms with van der Waals surface area (Å²) >= 11 is 0. The molecule has 0 radical (unpaired) electrons. The minimum Gasteiger partial charge on any atom is -0.206 e. The molecule has 4 aromatic rings. The maximum Gasteiger partial charge on any atom is 0.134 e. The fraction of sp³-hybridized carbons (Fsp3) is 0.200. The lowest BCUT2D eigenvalue weighted by Gasteiger charge is -2.06. The van der Waals surface area contributed by atoms with Crippen LogP contribution in [0.4, 0.5) is 4.39 Å². The van der Waals surface area contributed by atoms with E-state index in [0.29, 0.717) is 5.39 Å². The third-order valence-electron chi connectivity index (χ3n) is 5.77. The highest BCUT2D eigenvalue weighted by atomic mass is 19.1. The zero-order chi connectivity index (χ0) is 21.6. The third-order valence-corrected chi connectivity index (χ3v) is 5.77. The van der Waals surface area contributed by atoms with Crippen LogP contribution in [0.2, 0.25) is 0 Å². The highest BCUT2D eigenvalue weighted by Crippen LogP contribution is 2.24. The Morgan fingerprint density at radius 3 is 2.03 bits per heavy atom. The van der Waals surface area contributed by atoms with Crippen molar-refractivity contribution in [3.8, 4) is 23.0 Å². The Morgan fingerprint density at radius 1 is 0.710 bits per heavy atom. The number of rotatable bonds is 5. The van der Waals surface area contributed by atoms with E-state index in [-0.39, 0.29) is 5.82 Å². The highest BCUT2D eigenvalue weighted by Gasteiger charge is 2.07. The van der Waals surface area contributed by atoms with Crippen molar-refractivity contribution in [1.82, 2.24) is 0 Å². The molecular formula is C30H27F. The predicted octanol–water partition coefficient (Wildman–Crippen LogP) is 7.95. The Bertz CT molecular complexity index is 1240. The molecular weight excluding hydrogens is 379 g/mol. The van der Waals surface area contributed by atoms with Gasteiger partial charge in [0, 0.05) is 16.5 Å². The highest BCUT2D eigenvalue weighted by molar-refractivity contribution is 5.85. The fourth-order valence-corrected chi connectivity index (χ4v) is 3.80. The zero-order valence-electron chi connectivity index (χ0n) is 18.2. The average molecular weight is 407 g/mol. The van der Waals surface area contributed by atoms with Crippen LogP contribution in [0.25, 0.3) is 21.9 Å². The topological polar surface area (TPSA) is 0 Å². The number of aryl methyl sites for hydroxylation is 2. The van der Waals surface area contributed by atoms with Gasteiger partial charge in [0.25, 0.3) is 0 Å². The normalized spacial score (nSPS) is 10.7. The van der Waals surface area contributed by atoms with E-state index in [0.717, 1.165) is 47.8 Å². The molecule has 0 atom stereocenters. The van der Waals surface area contributed by atoms with Crippen LogP contribution in [0.3, 0.4) is 0 Å². The van der Waals surface area contributed by atoms with Gasteiger partial charge in [0.05, 0.1) is 0 Å². The van der Waals surface area contributed by atoms with E-state index in [1.165, 1.54) is 16.7 Å². The third kappa shape index (κ3) is 4.86. The first-order valence-corrected chi connectivity index (χ1v) is 11.1. The summed E-state index contributed by atoms with van der Waals surface area (Å²) < 4.78 is 14.8. The van der Waals surface area contributed by atoms with Crippen LogP contribution in [0.15, 0.2) is 78.9 Å². The van der Waals surface area contributed by atoms with Crippen molar-refractivity contribution < 1.29 is 4.39 Å². The Morgan fingerprint density at radius 2 is 1.35 bits per heavy atom. The molecule has 0 saturated heterocycles. The fourth-order valence-electron chi connectivity index (χ4n) is 3.80. The molecule has 4 rings (SSSR count). The van der Waals surface area contributed by atoms with Crippen LogP contribution >= 0.6 is 0 Å². The van der Waals surface area contributed by atoms with Crippen molar-refractivity contribution in [3.05, 3.63) is 107 Å². The molecule has 0 aromatic heterocycles. The predicted molar refractivity (Wildman–Crippen MR) is 130 cm³/mol. The van der Waals surface area contributed by atoms with Crippen molar-refractivity contribution in [2.45, 2.75) is 39.5 Å². The number of halogens is 1. The number of hydrogen-bond donors (Lipinski definition) is 0. The summed E-state index contributed by atoms with van der Waals surface area (Å²) in [5.74, 6) is 6.37. The van der Waals surface area contributed by atoms with Crippen LogP contribution < -0.4 is 0 Å².